The second-order valence-electron chi connectivity index (χ2n) is 5.39. The molecule has 0 aliphatic carbocycles. The van der Waals surface area contributed by atoms with Gasteiger partial charge in [-0.25, -0.2) is 0 Å². The molecular formula is C17H19N5OS. The Hall–Kier alpha value is -2.41. The minimum atomic E-state index is -0.248. The summed E-state index contributed by atoms with van der Waals surface area (Å²) < 4.78 is 3.55. The van der Waals surface area contributed by atoms with Crippen LogP contribution in [0.3, 0.4) is 0 Å². The van der Waals surface area contributed by atoms with Gasteiger partial charge in [0.2, 0.25) is 5.16 Å². The van der Waals surface area contributed by atoms with E-state index in [4.69, 9.17) is 0 Å². The van der Waals surface area contributed by atoms with Gasteiger partial charge in [0.15, 0.2) is 0 Å². The van der Waals surface area contributed by atoms with Crippen molar-refractivity contribution in [3.63, 3.8) is 0 Å². The van der Waals surface area contributed by atoms with Crippen molar-refractivity contribution in [2.24, 2.45) is 5.10 Å². The molecule has 0 aliphatic rings. The molecule has 0 amide bonds. The maximum Gasteiger partial charge on any atom is 0.296 e. The van der Waals surface area contributed by atoms with Gasteiger partial charge in [-0.2, -0.15) is 9.78 Å². The highest BCUT2D eigenvalue weighted by molar-refractivity contribution is 7.98. The number of nitrogens with zero attached hydrogens (tertiary/aromatic N) is 5. The molecule has 3 aromatic rings. The minimum absolute atomic E-state index is 0.248. The Labute approximate surface area is 144 Å². The smallest absolute Gasteiger partial charge is 0.296 e. The van der Waals surface area contributed by atoms with Gasteiger partial charge < -0.3 is 4.57 Å². The van der Waals surface area contributed by atoms with Crippen molar-refractivity contribution in [2.45, 2.75) is 32.5 Å². The molecule has 24 heavy (non-hydrogen) atoms. The molecule has 0 atom stereocenters. The number of hydrogen-bond donors (Lipinski definition) is 0. The van der Waals surface area contributed by atoms with E-state index in [1.807, 2.05) is 18.4 Å². The number of aromatic nitrogens is 4. The molecule has 0 saturated heterocycles. The summed E-state index contributed by atoms with van der Waals surface area (Å²) in [6.07, 6.45) is 3.59. The highest BCUT2D eigenvalue weighted by Crippen LogP contribution is 2.24. The fourth-order valence-electron chi connectivity index (χ4n) is 2.82. The number of rotatable bonds is 4. The number of benzene rings is 1. The highest BCUT2D eigenvalue weighted by Gasteiger charge is 2.12. The van der Waals surface area contributed by atoms with Crippen LogP contribution in [0.25, 0.3) is 10.9 Å². The van der Waals surface area contributed by atoms with Gasteiger partial charge in [0.1, 0.15) is 5.69 Å². The van der Waals surface area contributed by atoms with Crippen LogP contribution in [0, 0.1) is 13.8 Å². The Kier molecular flexibility index (Phi) is 4.53. The van der Waals surface area contributed by atoms with E-state index in [0.29, 0.717) is 10.9 Å². The molecule has 6 nitrogen and oxygen atoms in total. The van der Waals surface area contributed by atoms with E-state index < -0.39 is 0 Å². The van der Waals surface area contributed by atoms with Crippen LogP contribution in [0.15, 0.2) is 39.3 Å². The van der Waals surface area contributed by atoms with Crippen LogP contribution >= 0.6 is 11.8 Å². The first-order valence-corrected chi connectivity index (χ1v) is 8.93. The van der Waals surface area contributed by atoms with Crippen molar-refractivity contribution in [3.8, 4) is 0 Å². The Bertz CT molecular complexity index is 987. The van der Waals surface area contributed by atoms with E-state index in [1.54, 1.807) is 13.1 Å². The summed E-state index contributed by atoms with van der Waals surface area (Å²) in [6, 6.07) is 8.21. The van der Waals surface area contributed by atoms with Crippen LogP contribution in [0.4, 0.5) is 0 Å². The third kappa shape index (κ3) is 2.65. The van der Waals surface area contributed by atoms with E-state index in [-0.39, 0.29) is 5.56 Å². The predicted octanol–water partition coefficient (Wildman–Crippen LogP) is 2.83. The highest BCUT2D eigenvalue weighted by atomic mass is 32.2. The van der Waals surface area contributed by atoms with Crippen molar-refractivity contribution >= 4 is 28.9 Å². The molecule has 0 bridgehead atoms. The summed E-state index contributed by atoms with van der Waals surface area (Å²) in [6.45, 7) is 6.71. The molecule has 124 valence electrons. The predicted molar refractivity (Wildman–Crippen MR) is 98.2 cm³/mol. The second-order valence-corrected chi connectivity index (χ2v) is 6.17. The van der Waals surface area contributed by atoms with Gasteiger partial charge in [-0.1, -0.05) is 30.0 Å². The Morgan fingerprint density at radius 2 is 2.00 bits per heavy atom. The monoisotopic (exact) mass is 341 g/mol. The second kappa shape index (κ2) is 6.60. The number of para-hydroxylation sites is 1. The molecule has 0 unspecified atom stereocenters. The molecule has 0 N–H and O–H groups in total. The van der Waals surface area contributed by atoms with Crippen LogP contribution in [0.5, 0.6) is 0 Å². The first-order chi connectivity index (χ1) is 11.6. The summed E-state index contributed by atoms with van der Waals surface area (Å²) in [5.41, 5.74) is 3.39. The van der Waals surface area contributed by atoms with Crippen molar-refractivity contribution < 1.29 is 0 Å². The molecule has 0 spiro atoms. The zero-order chi connectivity index (χ0) is 17.3. The van der Waals surface area contributed by atoms with Gasteiger partial charge in [-0.3, -0.25) is 4.79 Å². The van der Waals surface area contributed by atoms with Crippen LogP contribution < -0.4 is 5.56 Å². The third-order valence-electron chi connectivity index (χ3n) is 4.05. The zero-order valence-corrected chi connectivity index (χ0v) is 15.0. The first-order valence-electron chi connectivity index (χ1n) is 7.71. The lowest BCUT2D eigenvalue weighted by atomic mass is 10.1. The largest absolute Gasteiger partial charge is 0.344 e. The summed E-state index contributed by atoms with van der Waals surface area (Å²) in [5, 5.41) is 13.9. The number of thioether (sulfide) groups is 1. The van der Waals surface area contributed by atoms with Crippen LogP contribution in [0.2, 0.25) is 0 Å². The van der Waals surface area contributed by atoms with E-state index >= 15 is 0 Å². The van der Waals surface area contributed by atoms with Crippen LogP contribution in [-0.2, 0) is 6.54 Å². The lowest BCUT2D eigenvalue weighted by Crippen LogP contribution is -2.23. The van der Waals surface area contributed by atoms with Crippen molar-refractivity contribution in [3.05, 3.63) is 51.6 Å². The van der Waals surface area contributed by atoms with E-state index in [1.165, 1.54) is 22.0 Å². The fraction of sp³-hybridized carbons (Fsp3) is 0.294. The van der Waals surface area contributed by atoms with Gasteiger partial charge in [0.05, 0.1) is 6.21 Å². The Morgan fingerprint density at radius 1 is 1.25 bits per heavy atom. The van der Waals surface area contributed by atoms with Crippen molar-refractivity contribution in [1.82, 2.24) is 19.4 Å². The lowest BCUT2D eigenvalue weighted by molar-refractivity contribution is 0.635. The summed E-state index contributed by atoms with van der Waals surface area (Å²) in [7, 11) is 0. The van der Waals surface area contributed by atoms with Crippen LogP contribution in [0.1, 0.15) is 23.9 Å². The molecule has 0 fully saturated rings. The number of aryl methyl sites for hydroxylation is 2. The normalized spacial score (nSPS) is 11.7. The van der Waals surface area contributed by atoms with Crippen LogP contribution in [-0.4, -0.2) is 31.9 Å². The average molecular weight is 341 g/mol. The maximum atomic E-state index is 12.3. The van der Waals surface area contributed by atoms with E-state index in [2.05, 4.69) is 45.8 Å². The zero-order valence-electron chi connectivity index (χ0n) is 14.1. The topological polar surface area (TPSA) is 65.1 Å². The molecule has 2 aromatic heterocycles. The minimum Gasteiger partial charge on any atom is -0.344 e. The van der Waals surface area contributed by atoms with Gasteiger partial charge in [0, 0.05) is 28.7 Å². The third-order valence-corrected chi connectivity index (χ3v) is 4.67. The van der Waals surface area contributed by atoms with E-state index in [9.17, 15) is 4.79 Å². The molecule has 0 radical (unpaired) electrons. The van der Waals surface area contributed by atoms with Gasteiger partial charge in [0.25, 0.3) is 5.56 Å². The Balaban J connectivity index is 2.18. The molecule has 0 aliphatic heterocycles. The van der Waals surface area contributed by atoms with Gasteiger partial charge in [-0.15, -0.1) is 10.2 Å². The summed E-state index contributed by atoms with van der Waals surface area (Å²) in [5.74, 6) is 0. The molecule has 2 heterocycles. The lowest BCUT2D eigenvalue weighted by Gasteiger charge is -2.04. The molecule has 1 aromatic carbocycles. The van der Waals surface area contributed by atoms with Gasteiger partial charge >= 0.3 is 0 Å². The first kappa shape index (κ1) is 16.4. The average Bonchev–Trinajstić information content (AvgIpc) is 2.87. The fourth-order valence-corrected chi connectivity index (χ4v) is 3.24. The maximum absolute atomic E-state index is 12.3. The summed E-state index contributed by atoms with van der Waals surface area (Å²) in [4.78, 5) is 12.3. The molecular weight excluding hydrogens is 322 g/mol. The van der Waals surface area contributed by atoms with Crippen molar-refractivity contribution in [1.29, 1.82) is 0 Å². The van der Waals surface area contributed by atoms with Crippen molar-refractivity contribution in [2.75, 3.05) is 6.26 Å². The SMILES string of the molecule is CCn1c(C)c(/C=N\n2c(SC)nnc(C)c2=O)c2ccccc21. The Morgan fingerprint density at radius 3 is 2.71 bits per heavy atom. The van der Waals surface area contributed by atoms with Gasteiger partial charge in [-0.05, 0) is 33.1 Å². The molecule has 0 saturated carbocycles. The standard InChI is InChI=1S/C17H19N5OS/c1-5-21-12(3)14(13-8-6-7-9-15(13)21)10-18-22-16(23)11(2)19-20-17(22)24-4/h6-10H,5H2,1-4H3/b18-10-. The number of hydrogen-bond acceptors (Lipinski definition) is 5. The summed E-state index contributed by atoms with van der Waals surface area (Å²) >= 11 is 1.34. The number of fused-ring (bicyclic) bond motifs is 1. The molecule has 3 rings (SSSR count). The van der Waals surface area contributed by atoms with E-state index in [0.717, 1.165) is 23.2 Å². The molecule has 7 heteroatoms. The quantitative estimate of drug-likeness (QED) is 0.541.